The molecular formula is C13H12N3NaO6S. The number of hydrogen-bond acceptors (Lipinski definition) is 8. The van der Waals surface area contributed by atoms with Gasteiger partial charge in [-0.25, -0.2) is 0 Å². The number of hydrogen-bond donors (Lipinski definition) is 0. The third-order valence-corrected chi connectivity index (χ3v) is 3.66. The molecule has 0 aromatic carbocycles. The number of thiocarbonyl (C=S) groups is 1. The average molecular weight is 361 g/mol. The van der Waals surface area contributed by atoms with E-state index >= 15 is 0 Å². The minimum Gasteiger partial charge on any atom is -0.544 e. The average Bonchev–Trinajstić information content (AvgIpc) is 3.04. The Morgan fingerprint density at radius 2 is 2.25 bits per heavy atom. The number of nitrogens with zero attached hydrogens (tertiary/aromatic N) is 3. The number of nitriles is 1. The van der Waals surface area contributed by atoms with Crippen LogP contribution >= 0.6 is 12.2 Å². The Morgan fingerprint density at radius 1 is 1.58 bits per heavy atom. The van der Waals surface area contributed by atoms with Crippen LogP contribution in [-0.2, 0) is 24.0 Å². The van der Waals surface area contributed by atoms with E-state index in [2.05, 4.69) is 0 Å². The Bertz CT molecular complexity index is 648. The van der Waals surface area contributed by atoms with Gasteiger partial charge in [-0.2, -0.15) is 10.3 Å². The van der Waals surface area contributed by atoms with Crippen molar-refractivity contribution in [3.05, 3.63) is 12.3 Å². The van der Waals surface area contributed by atoms with Crippen molar-refractivity contribution < 1.29 is 58.6 Å². The Balaban J connectivity index is 0.00000288. The van der Waals surface area contributed by atoms with Crippen LogP contribution in [0.15, 0.2) is 12.3 Å². The number of amides is 1. The van der Waals surface area contributed by atoms with Crippen molar-refractivity contribution in [1.82, 2.24) is 9.96 Å². The zero-order valence-electron chi connectivity index (χ0n) is 13.1. The number of aliphatic carboxylic acids is 1. The number of carboxylic acid groups (broad SMARTS) is 1. The van der Waals surface area contributed by atoms with Gasteiger partial charge in [-0.3, -0.25) is 14.4 Å². The maximum Gasteiger partial charge on any atom is 1.00 e. The predicted octanol–water partition coefficient (Wildman–Crippen LogP) is -4.40. The summed E-state index contributed by atoms with van der Waals surface area (Å²) in [6.45, 7) is 1.33. The van der Waals surface area contributed by atoms with Gasteiger partial charge in [0.15, 0.2) is 0 Å². The number of hydroxylamine groups is 2. The molecule has 0 spiro atoms. The van der Waals surface area contributed by atoms with E-state index in [1.807, 2.05) is 0 Å². The summed E-state index contributed by atoms with van der Waals surface area (Å²) in [5.41, 5.74) is -2.27. The van der Waals surface area contributed by atoms with Crippen molar-refractivity contribution in [3.63, 3.8) is 0 Å². The fourth-order valence-corrected chi connectivity index (χ4v) is 2.56. The summed E-state index contributed by atoms with van der Waals surface area (Å²) >= 11 is 5.02. The molecule has 0 radical (unpaired) electrons. The van der Waals surface area contributed by atoms with E-state index in [9.17, 15) is 19.5 Å². The normalized spacial score (nSPS) is 26.0. The van der Waals surface area contributed by atoms with Gasteiger partial charge in [0.05, 0.1) is 17.5 Å². The van der Waals surface area contributed by atoms with Gasteiger partial charge < -0.3 is 19.5 Å². The van der Waals surface area contributed by atoms with Gasteiger partial charge in [0.1, 0.15) is 18.6 Å². The quantitative estimate of drug-likeness (QED) is 0.211. The number of allylic oxidation sites excluding steroid dienone is 1. The van der Waals surface area contributed by atoms with Crippen LogP contribution in [0.1, 0.15) is 19.8 Å². The number of carbonyl (C=O) groups is 3. The van der Waals surface area contributed by atoms with Crippen LogP contribution in [0.2, 0.25) is 0 Å². The maximum absolute atomic E-state index is 12.5. The van der Waals surface area contributed by atoms with E-state index in [1.165, 1.54) is 18.0 Å². The van der Waals surface area contributed by atoms with Gasteiger partial charge in [-0.1, -0.05) is 12.2 Å². The molecule has 2 aliphatic rings. The summed E-state index contributed by atoms with van der Waals surface area (Å²) < 4.78 is 4.79. The standard InChI is InChI=1S/C13H13N3O6S.Na/c1-8(23)15(6-2-5-14)9-7-21-16(11(9)18)13(12(19)20)4-3-10(17)22-13;/h2,6,9H,3-4,7H2,1H3,(H,19,20);/q;+1/p-1/t9-,13?;/m0./s1. The zero-order valence-corrected chi connectivity index (χ0v) is 15.9. The van der Waals surface area contributed by atoms with Crippen molar-refractivity contribution in [2.45, 2.75) is 31.5 Å². The molecule has 24 heavy (non-hydrogen) atoms. The van der Waals surface area contributed by atoms with Crippen LogP contribution in [0.4, 0.5) is 0 Å². The molecule has 2 rings (SSSR count). The molecule has 1 unspecified atom stereocenters. The van der Waals surface area contributed by atoms with Crippen LogP contribution in [0.25, 0.3) is 0 Å². The number of cyclic esters (lactones) is 1. The number of esters is 1. The molecule has 0 aromatic rings. The number of carboxylic acids is 1. The first-order chi connectivity index (χ1) is 10.8. The van der Waals surface area contributed by atoms with Crippen LogP contribution < -0.4 is 34.7 Å². The molecule has 0 saturated carbocycles. The summed E-state index contributed by atoms with van der Waals surface area (Å²) in [7, 11) is 0. The first-order valence-electron chi connectivity index (χ1n) is 6.59. The van der Waals surface area contributed by atoms with Crippen molar-refractivity contribution in [2.24, 2.45) is 0 Å². The van der Waals surface area contributed by atoms with Gasteiger partial charge in [0, 0.05) is 18.7 Å². The summed E-state index contributed by atoms with van der Waals surface area (Å²) in [6.07, 6.45) is 1.98. The summed E-state index contributed by atoms with van der Waals surface area (Å²) in [5, 5.41) is 20.5. The topological polar surface area (TPSA) is 123 Å². The summed E-state index contributed by atoms with van der Waals surface area (Å²) in [6, 6.07) is 0.803. The molecule has 0 aromatic heterocycles. The van der Waals surface area contributed by atoms with Gasteiger partial charge in [-0.05, 0) is 6.92 Å². The second-order valence-corrected chi connectivity index (χ2v) is 5.45. The monoisotopic (exact) mass is 361 g/mol. The van der Waals surface area contributed by atoms with Crippen LogP contribution in [-0.4, -0.2) is 51.2 Å². The van der Waals surface area contributed by atoms with E-state index in [1.54, 1.807) is 6.07 Å². The first-order valence-corrected chi connectivity index (χ1v) is 7.00. The van der Waals surface area contributed by atoms with Crippen molar-refractivity contribution >= 4 is 35.1 Å². The van der Waals surface area contributed by atoms with Crippen molar-refractivity contribution in [1.29, 1.82) is 5.26 Å². The molecule has 0 N–H and O–H groups in total. The molecule has 2 fully saturated rings. The molecule has 2 saturated heterocycles. The number of rotatable bonds is 4. The van der Waals surface area contributed by atoms with E-state index in [4.69, 9.17) is 27.1 Å². The Labute approximate surface area is 165 Å². The van der Waals surface area contributed by atoms with Crippen LogP contribution in [0, 0.1) is 11.3 Å². The molecule has 2 heterocycles. The Hall–Kier alpha value is -1.51. The zero-order chi connectivity index (χ0) is 17.2. The van der Waals surface area contributed by atoms with Gasteiger partial charge in [0.2, 0.25) is 0 Å². The van der Waals surface area contributed by atoms with Gasteiger partial charge in [-0.15, -0.1) is 0 Å². The minimum atomic E-state index is -2.27. The predicted molar refractivity (Wildman–Crippen MR) is 74.5 cm³/mol. The molecule has 2 atom stereocenters. The van der Waals surface area contributed by atoms with Crippen molar-refractivity contribution in [3.8, 4) is 6.07 Å². The Morgan fingerprint density at radius 3 is 2.71 bits per heavy atom. The third-order valence-electron chi connectivity index (χ3n) is 3.45. The first kappa shape index (κ1) is 20.5. The van der Waals surface area contributed by atoms with E-state index in [-0.39, 0.29) is 54.0 Å². The largest absolute Gasteiger partial charge is 1.00 e. The fourth-order valence-electron chi connectivity index (χ4n) is 2.37. The van der Waals surface area contributed by atoms with Gasteiger partial charge in [0.25, 0.3) is 11.6 Å². The van der Waals surface area contributed by atoms with Crippen LogP contribution in [0.3, 0.4) is 0 Å². The maximum atomic E-state index is 12.5. The van der Waals surface area contributed by atoms with Gasteiger partial charge >= 0.3 is 35.5 Å². The number of carbonyl (C=O) groups excluding carboxylic acids is 3. The van der Waals surface area contributed by atoms with E-state index < -0.39 is 29.6 Å². The Kier molecular flexibility index (Phi) is 6.88. The van der Waals surface area contributed by atoms with Crippen molar-refractivity contribution in [2.75, 3.05) is 6.61 Å². The molecule has 1 amide bonds. The molecule has 2 aliphatic heterocycles. The number of ether oxygens (including phenoxy) is 1. The SMILES string of the molecule is CC(=S)N(C=CC#N)[C@H]1CON(C2(C(=O)[O-])CCC(=O)O2)C1=O.[Na+]. The molecule has 9 nitrogen and oxygen atoms in total. The van der Waals surface area contributed by atoms with E-state index in [0.717, 1.165) is 6.08 Å². The smallest absolute Gasteiger partial charge is 0.544 e. The van der Waals surface area contributed by atoms with Crippen LogP contribution in [0.5, 0.6) is 0 Å². The second kappa shape index (κ2) is 8.04. The molecule has 122 valence electrons. The molecular weight excluding hydrogens is 349 g/mol. The van der Waals surface area contributed by atoms with E-state index in [0.29, 0.717) is 5.06 Å². The second-order valence-electron chi connectivity index (χ2n) is 4.86. The molecule has 0 bridgehead atoms. The summed E-state index contributed by atoms with van der Waals surface area (Å²) in [5.74, 6) is -3.26. The minimum absolute atomic E-state index is 0. The molecule has 11 heteroatoms. The third kappa shape index (κ3) is 3.60. The fraction of sp³-hybridized carbons (Fsp3) is 0.462. The molecule has 0 aliphatic carbocycles. The summed E-state index contributed by atoms with van der Waals surface area (Å²) in [4.78, 5) is 42.0.